The molecule has 2 nitrogen and oxygen atoms in total. The summed E-state index contributed by atoms with van der Waals surface area (Å²) in [6.45, 7) is 6.56. The molecule has 0 aliphatic rings. The first-order valence-electron chi connectivity index (χ1n) is 3.38. The molecule has 0 fully saturated rings. The Labute approximate surface area is 62.6 Å². The third kappa shape index (κ3) is 3.30. The SMILES string of the molecule is CC(C)=C(C)/C=C(/N)CN. The topological polar surface area (TPSA) is 52.0 Å². The largest absolute Gasteiger partial charge is 0.401 e. The van der Waals surface area contributed by atoms with Crippen molar-refractivity contribution in [3.8, 4) is 0 Å². The molecule has 0 rings (SSSR count). The average Bonchev–Trinajstić information content (AvgIpc) is 1.87. The van der Waals surface area contributed by atoms with E-state index in [1.165, 1.54) is 11.1 Å². The van der Waals surface area contributed by atoms with E-state index in [0.29, 0.717) is 6.54 Å². The Hall–Kier alpha value is -0.760. The molecular weight excluding hydrogens is 124 g/mol. The van der Waals surface area contributed by atoms with Gasteiger partial charge < -0.3 is 11.5 Å². The van der Waals surface area contributed by atoms with E-state index in [4.69, 9.17) is 11.5 Å². The van der Waals surface area contributed by atoms with Gasteiger partial charge in [0.05, 0.1) is 0 Å². The van der Waals surface area contributed by atoms with Crippen LogP contribution in [0.3, 0.4) is 0 Å². The highest BCUT2D eigenvalue weighted by Crippen LogP contribution is 2.03. The molecule has 58 valence electrons. The van der Waals surface area contributed by atoms with Crippen molar-refractivity contribution in [2.75, 3.05) is 6.54 Å². The minimum atomic E-state index is 0.435. The summed E-state index contributed by atoms with van der Waals surface area (Å²) in [6.07, 6.45) is 1.91. The Morgan fingerprint density at radius 3 is 2.10 bits per heavy atom. The first kappa shape index (κ1) is 9.24. The maximum Gasteiger partial charge on any atom is 0.0326 e. The van der Waals surface area contributed by atoms with Crippen LogP contribution in [0.15, 0.2) is 22.9 Å². The van der Waals surface area contributed by atoms with Crippen LogP contribution < -0.4 is 11.5 Å². The zero-order chi connectivity index (χ0) is 8.15. The van der Waals surface area contributed by atoms with Crippen molar-refractivity contribution < 1.29 is 0 Å². The molecule has 0 radical (unpaired) electrons. The van der Waals surface area contributed by atoms with Crippen molar-refractivity contribution in [1.29, 1.82) is 0 Å². The third-order valence-corrected chi connectivity index (χ3v) is 1.43. The van der Waals surface area contributed by atoms with Crippen LogP contribution in [0.5, 0.6) is 0 Å². The average molecular weight is 140 g/mol. The van der Waals surface area contributed by atoms with Crippen molar-refractivity contribution in [2.24, 2.45) is 11.5 Å². The lowest BCUT2D eigenvalue weighted by molar-refractivity contribution is 1.10. The number of hydrogen-bond acceptors (Lipinski definition) is 2. The quantitative estimate of drug-likeness (QED) is 0.565. The van der Waals surface area contributed by atoms with Crippen molar-refractivity contribution >= 4 is 0 Å². The fraction of sp³-hybridized carbons (Fsp3) is 0.500. The van der Waals surface area contributed by atoms with Gasteiger partial charge in [0.15, 0.2) is 0 Å². The number of allylic oxidation sites excluding steroid dienone is 3. The molecule has 0 aliphatic heterocycles. The molecule has 0 heterocycles. The zero-order valence-electron chi connectivity index (χ0n) is 6.94. The van der Waals surface area contributed by atoms with Gasteiger partial charge in [-0.25, -0.2) is 0 Å². The van der Waals surface area contributed by atoms with Gasteiger partial charge in [-0.3, -0.25) is 0 Å². The van der Waals surface area contributed by atoms with E-state index in [1.807, 2.05) is 13.0 Å². The van der Waals surface area contributed by atoms with Gasteiger partial charge in [-0.2, -0.15) is 0 Å². The van der Waals surface area contributed by atoms with E-state index >= 15 is 0 Å². The lowest BCUT2D eigenvalue weighted by Gasteiger charge is -1.98. The summed E-state index contributed by atoms with van der Waals surface area (Å²) in [5, 5.41) is 0. The van der Waals surface area contributed by atoms with Crippen LogP contribution >= 0.6 is 0 Å². The molecule has 0 saturated heterocycles. The van der Waals surface area contributed by atoms with Crippen molar-refractivity contribution in [3.05, 3.63) is 22.9 Å². The molecule has 0 atom stereocenters. The maximum atomic E-state index is 5.51. The van der Waals surface area contributed by atoms with E-state index in [9.17, 15) is 0 Å². The zero-order valence-corrected chi connectivity index (χ0v) is 6.94. The summed E-state index contributed by atoms with van der Waals surface area (Å²) in [5.41, 5.74) is 14.0. The second-order valence-electron chi connectivity index (χ2n) is 2.61. The molecule has 0 amide bonds. The Morgan fingerprint density at radius 1 is 1.30 bits per heavy atom. The molecule has 2 heteroatoms. The highest BCUT2D eigenvalue weighted by atomic mass is 14.7. The summed E-state index contributed by atoms with van der Waals surface area (Å²) in [7, 11) is 0. The van der Waals surface area contributed by atoms with E-state index in [0.717, 1.165) is 5.70 Å². The predicted molar refractivity (Wildman–Crippen MR) is 45.4 cm³/mol. The number of nitrogens with two attached hydrogens (primary N) is 2. The molecule has 0 aliphatic carbocycles. The Bertz CT molecular complexity index is 162. The van der Waals surface area contributed by atoms with Crippen LogP contribution in [0.2, 0.25) is 0 Å². The van der Waals surface area contributed by atoms with Gasteiger partial charge in [0, 0.05) is 12.2 Å². The molecular formula is C8H16N2. The summed E-state index contributed by atoms with van der Waals surface area (Å²) < 4.78 is 0. The van der Waals surface area contributed by atoms with Gasteiger partial charge in [0.2, 0.25) is 0 Å². The van der Waals surface area contributed by atoms with Crippen LogP contribution in [0.1, 0.15) is 20.8 Å². The third-order valence-electron chi connectivity index (χ3n) is 1.43. The smallest absolute Gasteiger partial charge is 0.0326 e. The molecule has 0 spiro atoms. The predicted octanol–water partition coefficient (Wildman–Crippen LogP) is 1.14. The lowest BCUT2D eigenvalue weighted by Crippen LogP contribution is -2.10. The van der Waals surface area contributed by atoms with E-state index < -0.39 is 0 Å². The van der Waals surface area contributed by atoms with Crippen molar-refractivity contribution in [3.63, 3.8) is 0 Å². The van der Waals surface area contributed by atoms with E-state index in [1.54, 1.807) is 0 Å². The van der Waals surface area contributed by atoms with Gasteiger partial charge in [-0.1, -0.05) is 11.1 Å². The number of rotatable bonds is 2. The van der Waals surface area contributed by atoms with Crippen LogP contribution in [0, 0.1) is 0 Å². The van der Waals surface area contributed by atoms with Crippen LogP contribution in [0.25, 0.3) is 0 Å². The Balaban J connectivity index is 4.27. The van der Waals surface area contributed by atoms with E-state index in [-0.39, 0.29) is 0 Å². The Morgan fingerprint density at radius 2 is 1.80 bits per heavy atom. The van der Waals surface area contributed by atoms with Crippen LogP contribution in [-0.2, 0) is 0 Å². The molecule has 0 unspecified atom stereocenters. The minimum absolute atomic E-state index is 0.435. The fourth-order valence-corrected chi connectivity index (χ4v) is 0.481. The molecule has 0 aromatic heterocycles. The summed E-state index contributed by atoms with van der Waals surface area (Å²) in [4.78, 5) is 0. The van der Waals surface area contributed by atoms with Gasteiger partial charge in [0.25, 0.3) is 0 Å². The van der Waals surface area contributed by atoms with Crippen molar-refractivity contribution in [1.82, 2.24) is 0 Å². The summed E-state index contributed by atoms with van der Waals surface area (Å²) in [6, 6.07) is 0. The molecule has 0 bridgehead atoms. The molecule has 4 N–H and O–H groups in total. The fourth-order valence-electron chi connectivity index (χ4n) is 0.481. The van der Waals surface area contributed by atoms with Gasteiger partial charge in [0.1, 0.15) is 0 Å². The van der Waals surface area contributed by atoms with Gasteiger partial charge in [-0.05, 0) is 26.8 Å². The number of hydrogen-bond donors (Lipinski definition) is 2. The van der Waals surface area contributed by atoms with Crippen molar-refractivity contribution in [2.45, 2.75) is 20.8 Å². The lowest BCUT2D eigenvalue weighted by atomic mass is 10.1. The maximum absolute atomic E-state index is 5.51. The Kier molecular flexibility index (Phi) is 3.81. The van der Waals surface area contributed by atoms with Crippen LogP contribution in [-0.4, -0.2) is 6.54 Å². The molecule has 0 aromatic rings. The minimum Gasteiger partial charge on any atom is -0.401 e. The molecule has 0 saturated carbocycles. The monoisotopic (exact) mass is 140 g/mol. The second kappa shape index (κ2) is 4.12. The van der Waals surface area contributed by atoms with Crippen LogP contribution in [0.4, 0.5) is 0 Å². The van der Waals surface area contributed by atoms with Gasteiger partial charge in [-0.15, -0.1) is 0 Å². The van der Waals surface area contributed by atoms with E-state index in [2.05, 4.69) is 13.8 Å². The first-order chi connectivity index (χ1) is 4.57. The highest BCUT2D eigenvalue weighted by molar-refractivity contribution is 5.24. The normalized spacial score (nSPS) is 11.4. The standard InChI is InChI=1S/C8H16N2/c1-6(2)7(3)4-8(10)5-9/h4H,5,9-10H2,1-3H3/b8-4+. The molecule has 10 heavy (non-hydrogen) atoms. The summed E-state index contributed by atoms with van der Waals surface area (Å²) >= 11 is 0. The first-order valence-corrected chi connectivity index (χ1v) is 3.38. The second-order valence-corrected chi connectivity index (χ2v) is 2.61. The summed E-state index contributed by atoms with van der Waals surface area (Å²) in [5.74, 6) is 0. The van der Waals surface area contributed by atoms with Gasteiger partial charge >= 0.3 is 0 Å². The highest BCUT2D eigenvalue weighted by Gasteiger charge is 1.88. The molecule has 0 aromatic carbocycles.